The van der Waals surface area contributed by atoms with Crippen LogP contribution in [0, 0.1) is 6.92 Å². The van der Waals surface area contributed by atoms with Crippen LogP contribution in [0.15, 0.2) is 24.3 Å². The van der Waals surface area contributed by atoms with Crippen LogP contribution in [0.2, 0.25) is 0 Å². The number of nitrogens with one attached hydrogen (secondary N) is 1. The average molecular weight is 259 g/mol. The molecule has 0 aliphatic rings. The van der Waals surface area contributed by atoms with Gasteiger partial charge in [0.1, 0.15) is 0 Å². The van der Waals surface area contributed by atoms with Gasteiger partial charge < -0.3 is 14.7 Å². The molecule has 19 heavy (non-hydrogen) atoms. The predicted molar refractivity (Wildman–Crippen MR) is 81.3 cm³/mol. The zero-order valence-electron chi connectivity index (χ0n) is 12.4. The van der Waals surface area contributed by atoms with Gasteiger partial charge in [-0.25, -0.2) is 0 Å². The summed E-state index contributed by atoms with van der Waals surface area (Å²) in [5, 5.41) is 11.3. The fraction of sp³-hybridized carbons (Fsp3) is 0.467. The van der Waals surface area contributed by atoms with Crippen molar-refractivity contribution in [1.29, 1.82) is 0 Å². The van der Waals surface area contributed by atoms with Gasteiger partial charge in [-0.15, -0.1) is 0 Å². The molecular formula is C15H22BNO2. The minimum Gasteiger partial charge on any atom is -0.427 e. The van der Waals surface area contributed by atoms with Crippen LogP contribution in [0.1, 0.15) is 33.4 Å². The van der Waals surface area contributed by atoms with Crippen LogP contribution in [-0.4, -0.2) is 28.8 Å². The molecule has 0 fully saturated rings. The van der Waals surface area contributed by atoms with Crippen LogP contribution in [-0.2, 0) is 4.65 Å². The van der Waals surface area contributed by atoms with Gasteiger partial charge in [-0.1, -0.05) is 18.2 Å². The number of hydrogen-bond acceptors (Lipinski definition) is 2. The first-order valence-electron chi connectivity index (χ1n) is 6.64. The van der Waals surface area contributed by atoms with Gasteiger partial charge in [-0.2, -0.15) is 0 Å². The Morgan fingerprint density at radius 3 is 2.53 bits per heavy atom. The van der Waals surface area contributed by atoms with E-state index in [1.165, 1.54) is 5.39 Å². The van der Waals surface area contributed by atoms with Crippen LogP contribution in [0.3, 0.4) is 0 Å². The van der Waals surface area contributed by atoms with E-state index in [4.69, 9.17) is 4.65 Å². The van der Waals surface area contributed by atoms with Crippen LogP contribution < -0.4 is 5.46 Å². The first-order valence-corrected chi connectivity index (χ1v) is 6.64. The lowest BCUT2D eigenvalue weighted by atomic mass is 9.82. The van der Waals surface area contributed by atoms with Crippen molar-refractivity contribution >= 4 is 23.8 Å². The van der Waals surface area contributed by atoms with Gasteiger partial charge in [-0.3, -0.25) is 0 Å². The third-order valence-electron chi connectivity index (χ3n) is 3.94. The molecule has 0 aliphatic heterocycles. The number of rotatable bonds is 4. The molecule has 3 nitrogen and oxygen atoms in total. The summed E-state index contributed by atoms with van der Waals surface area (Å²) in [6.07, 6.45) is 0. The van der Waals surface area contributed by atoms with Crippen LogP contribution in [0.5, 0.6) is 0 Å². The summed E-state index contributed by atoms with van der Waals surface area (Å²) in [5.74, 6) is 0. The number of aromatic amines is 1. The molecule has 0 spiro atoms. The maximum absolute atomic E-state index is 10.1. The number of fused-ring (bicyclic) bond motifs is 1. The van der Waals surface area contributed by atoms with Crippen LogP contribution in [0.25, 0.3) is 10.9 Å². The lowest BCUT2D eigenvalue weighted by Gasteiger charge is -2.37. The Morgan fingerprint density at radius 1 is 1.21 bits per heavy atom. The number of para-hydroxylation sites is 1. The third-order valence-corrected chi connectivity index (χ3v) is 3.94. The van der Waals surface area contributed by atoms with E-state index >= 15 is 0 Å². The van der Waals surface area contributed by atoms with E-state index in [-0.39, 0.29) is 0 Å². The molecule has 1 aromatic carbocycles. The lowest BCUT2D eigenvalue weighted by molar-refractivity contribution is -0.0893. The van der Waals surface area contributed by atoms with Crippen molar-refractivity contribution in [3.05, 3.63) is 30.0 Å². The largest absolute Gasteiger partial charge is 0.427 e. The number of hydrogen-bond donors (Lipinski definition) is 2. The van der Waals surface area contributed by atoms with Crippen molar-refractivity contribution in [2.24, 2.45) is 0 Å². The fourth-order valence-electron chi connectivity index (χ4n) is 1.91. The number of H-pyrrole nitrogens is 1. The lowest BCUT2D eigenvalue weighted by Crippen LogP contribution is -2.49. The van der Waals surface area contributed by atoms with Crippen molar-refractivity contribution in [3.8, 4) is 0 Å². The van der Waals surface area contributed by atoms with E-state index in [1.54, 1.807) is 13.8 Å². The van der Waals surface area contributed by atoms with Gasteiger partial charge in [0, 0.05) is 11.2 Å². The normalized spacial score (nSPS) is 12.9. The zero-order valence-corrected chi connectivity index (χ0v) is 12.4. The maximum Gasteiger partial charge on any atom is 0.311 e. The maximum atomic E-state index is 10.1. The average Bonchev–Trinajstić information content (AvgIpc) is 2.65. The van der Waals surface area contributed by atoms with Gasteiger partial charge >= 0.3 is 7.48 Å². The number of benzene rings is 1. The van der Waals surface area contributed by atoms with Crippen LogP contribution >= 0.6 is 0 Å². The quantitative estimate of drug-likeness (QED) is 0.825. The molecule has 0 aliphatic carbocycles. The highest BCUT2D eigenvalue weighted by molar-refractivity contribution is 6.51. The molecule has 0 saturated heterocycles. The highest BCUT2D eigenvalue weighted by Crippen LogP contribution is 2.24. The van der Waals surface area contributed by atoms with Gasteiger partial charge in [0.15, 0.2) is 0 Å². The van der Waals surface area contributed by atoms with Crippen molar-refractivity contribution in [2.75, 3.05) is 0 Å². The second kappa shape index (κ2) is 4.69. The molecule has 2 N–H and O–H groups in total. The molecule has 0 unspecified atom stereocenters. The minimum atomic E-state index is -0.882. The molecule has 0 radical (unpaired) electrons. The molecule has 0 bridgehead atoms. The number of aliphatic hydroxyl groups is 1. The first kappa shape index (κ1) is 14.2. The molecule has 2 aromatic rings. The molecule has 102 valence electrons. The molecule has 0 atom stereocenters. The van der Waals surface area contributed by atoms with Gasteiger partial charge in [-0.05, 0) is 51.5 Å². The van der Waals surface area contributed by atoms with E-state index in [2.05, 4.69) is 23.2 Å². The number of aryl methyl sites for hydroxylation is 1. The molecule has 4 heteroatoms. The molecule has 1 aromatic heterocycles. The highest BCUT2D eigenvalue weighted by atomic mass is 16.5. The Balaban J connectivity index is 2.23. The van der Waals surface area contributed by atoms with Crippen molar-refractivity contribution < 1.29 is 9.76 Å². The first-order chi connectivity index (χ1) is 8.71. The van der Waals surface area contributed by atoms with Gasteiger partial charge in [0.2, 0.25) is 0 Å². The standard InChI is InChI=1S/C15H22BNO2/c1-10-9-11-7-6-8-12(13(11)17-10)16-19-15(4,5)14(2,3)18/h6-9,16-18H,1-5H3. The third kappa shape index (κ3) is 2.85. The number of aromatic nitrogens is 1. The van der Waals surface area contributed by atoms with E-state index < -0.39 is 11.2 Å². The summed E-state index contributed by atoms with van der Waals surface area (Å²) in [5.41, 5.74) is 1.89. The summed E-state index contributed by atoms with van der Waals surface area (Å²) < 4.78 is 5.93. The van der Waals surface area contributed by atoms with E-state index in [1.807, 2.05) is 26.8 Å². The van der Waals surface area contributed by atoms with Crippen molar-refractivity contribution in [1.82, 2.24) is 4.98 Å². The second-order valence-electron chi connectivity index (χ2n) is 6.19. The highest BCUT2D eigenvalue weighted by Gasteiger charge is 2.35. The Bertz CT molecular complexity index is 581. The van der Waals surface area contributed by atoms with Gasteiger partial charge in [0.25, 0.3) is 0 Å². The van der Waals surface area contributed by atoms with E-state index in [9.17, 15) is 5.11 Å². The fourth-order valence-corrected chi connectivity index (χ4v) is 1.91. The van der Waals surface area contributed by atoms with E-state index in [0.29, 0.717) is 7.48 Å². The summed E-state index contributed by atoms with van der Waals surface area (Å²) in [4.78, 5) is 3.36. The molecule has 1 heterocycles. The smallest absolute Gasteiger partial charge is 0.311 e. The zero-order chi connectivity index (χ0) is 14.3. The summed E-state index contributed by atoms with van der Waals surface area (Å²) in [6, 6.07) is 8.30. The van der Waals surface area contributed by atoms with Gasteiger partial charge in [0.05, 0.1) is 11.2 Å². The Labute approximate surface area is 115 Å². The molecule has 2 rings (SSSR count). The van der Waals surface area contributed by atoms with Crippen LogP contribution in [0.4, 0.5) is 0 Å². The Hall–Kier alpha value is -1.26. The topological polar surface area (TPSA) is 45.2 Å². The van der Waals surface area contributed by atoms with Crippen molar-refractivity contribution in [3.63, 3.8) is 0 Å². The molecular weight excluding hydrogens is 237 g/mol. The summed E-state index contributed by atoms with van der Waals surface area (Å²) in [6.45, 7) is 9.41. The van der Waals surface area contributed by atoms with Crippen molar-refractivity contribution in [2.45, 2.75) is 45.8 Å². The monoisotopic (exact) mass is 259 g/mol. The summed E-state index contributed by atoms with van der Waals surface area (Å²) >= 11 is 0. The minimum absolute atomic E-state index is 0.480. The molecule has 0 amide bonds. The summed E-state index contributed by atoms with van der Waals surface area (Å²) in [7, 11) is 0.480. The predicted octanol–water partition coefficient (Wildman–Crippen LogP) is 2.02. The Kier molecular flexibility index (Phi) is 3.50. The Morgan fingerprint density at radius 2 is 1.89 bits per heavy atom. The SMILES string of the molecule is Cc1cc2cccc(BOC(C)(C)C(C)(C)O)c2[nH]1. The molecule has 0 saturated carbocycles. The van der Waals surface area contributed by atoms with E-state index in [0.717, 1.165) is 16.7 Å². The second-order valence-corrected chi connectivity index (χ2v) is 6.19.